The largest absolute Gasteiger partial charge is 0.391 e. The van der Waals surface area contributed by atoms with Crippen LogP contribution in [0.4, 0.5) is 4.39 Å². The van der Waals surface area contributed by atoms with Gasteiger partial charge >= 0.3 is 0 Å². The van der Waals surface area contributed by atoms with Crippen molar-refractivity contribution in [1.82, 2.24) is 5.32 Å². The van der Waals surface area contributed by atoms with Gasteiger partial charge in [-0.1, -0.05) is 72.8 Å². The number of halogens is 1. The Hall–Kier alpha value is -2.53. The number of hydrogen-bond donors (Lipinski definition) is 2. The van der Waals surface area contributed by atoms with Gasteiger partial charge in [-0.3, -0.25) is 0 Å². The number of aliphatic hydroxyl groups is 1. The van der Waals surface area contributed by atoms with Crippen molar-refractivity contribution in [2.24, 2.45) is 0 Å². The van der Waals surface area contributed by atoms with Crippen LogP contribution in [0.25, 0.3) is 0 Å². The second-order valence-corrected chi connectivity index (χ2v) is 7.59. The zero-order valence-corrected chi connectivity index (χ0v) is 16.2. The molecule has 0 radical (unpaired) electrons. The highest BCUT2D eigenvalue weighted by molar-refractivity contribution is 5.34. The van der Waals surface area contributed by atoms with E-state index in [1.807, 2.05) is 36.4 Å². The summed E-state index contributed by atoms with van der Waals surface area (Å²) in [4.78, 5) is 0. The second kappa shape index (κ2) is 9.31. The molecule has 0 bridgehead atoms. The van der Waals surface area contributed by atoms with Crippen molar-refractivity contribution in [3.8, 4) is 0 Å². The van der Waals surface area contributed by atoms with Gasteiger partial charge < -0.3 is 15.2 Å². The zero-order chi connectivity index (χ0) is 20.1. The Morgan fingerprint density at radius 3 is 2.03 bits per heavy atom. The molecular formula is C25H26FNO2. The average Bonchev–Trinajstić information content (AvgIpc) is 2.76. The van der Waals surface area contributed by atoms with Crippen molar-refractivity contribution >= 4 is 0 Å². The summed E-state index contributed by atoms with van der Waals surface area (Å²) >= 11 is 0. The van der Waals surface area contributed by atoms with Crippen LogP contribution in [0.5, 0.6) is 0 Å². The molecule has 4 heteroatoms. The Kier molecular flexibility index (Phi) is 6.35. The fourth-order valence-corrected chi connectivity index (χ4v) is 4.03. The molecule has 1 heterocycles. The lowest BCUT2D eigenvalue weighted by atomic mass is 9.82. The standard InChI is InChI=1S/C25H26FNO2/c26-21-13-11-18(12-14-21)16-27-22-17-29-24(15-23(22)28)25(19-7-3-1-4-8-19)20-9-5-2-6-10-20/h1-14,22-25,27-28H,15-17H2/t22-,23-,24+/m1/s1. The molecule has 3 aromatic rings. The van der Waals surface area contributed by atoms with E-state index >= 15 is 0 Å². The van der Waals surface area contributed by atoms with E-state index in [0.717, 1.165) is 5.56 Å². The minimum Gasteiger partial charge on any atom is -0.391 e. The highest BCUT2D eigenvalue weighted by Crippen LogP contribution is 2.34. The van der Waals surface area contributed by atoms with Gasteiger partial charge in [0.05, 0.1) is 24.9 Å². The molecule has 150 valence electrons. The van der Waals surface area contributed by atoms with E-state index in [1.165, 1.54) is 23.3 Å². The van der Waals surface area contributed by atoms with Crippen molar-refractivity contribution < 1.29 is 14.2 Å². The van der Waals surface area contributed by atoms with E-state index in [2.05, 4.69) is 29.6 Å². The lowest BCUT2D eigenvalue weighted by Crippen LogP contribution is -2.50. The summed E-state index contributed by atoms with van der Waals surface area (Å²) in [6.07, 6.45) is -0.0574. The monoisotopic (exact) mass is 391 g/mol. The summed E-state index contributed by atoms with van der Waals surface area (Å²) in [5, 5.41) is 14.2. The lowest BCUT2D eigenvalue weighted by Gasteiger charge is -2.38. The molecule has 3 nitrogen and oxygen atoms in total. The molecule has 0 unspecified atom stereocenters. The molecule has 0 spiro atoms. The molecule has 0 saturated carbocycles. The predicted octanol–water partition coefficient (Wildman–Crippen LogP) is 4.27. The molecule has 1 saturated heterocycles. The molecular weight excluding hydrogens is 365 g/mol. The number of ether oxygens (including phenoxy) is 1. The Morgan fingerprint density at radius 2 is 1.48 bits per heavy atom. The van der Waals surface area contributed by atoms with E-state index in [-0.39, 0.29) is 23.9 Å². The Balaban J connectivity index is 1.44. The summed E-state index contributed by atoms with van der Waals surface area (Å²) in [5.74, 6) is -0.171. The molecule has 2 N–H and O–H groups in total. The van der Waals surface area contributed by atoms with Crippen LogP contribution in [-0.2, 0) is 11.3 Å². The molecule has 0 amide bonds. The van der Waals surface area contributed by atoms with Gasteiger partial charge in [-0.15, -0.1) is 0 Å². The molecule has 3 atom stereocenters. The van der Waals surface area contributed by atoms with Crippen molar-refractivity contribution in [2.45, 2.75) is 37.1 Å². The molecule has 0 aromatic heterocycles. The van der Waals surface area contributed by atoms with E-state index in [1.54, 1.807) is 12.1 Å². The number of nitrogens with one attached hydrogen (secondary N) is 1. The van der Waals surface area contributed by atoms with Gasteiger partial charge in [0.2, 0.25) is 0 Å². The third-order valence-electron chi connectivity index (χ3n) is 5.60. The average molecular weight is 391 g/mol. The van der Waals surface area contributed by atoms with Crippen LogP contribution in [0.3, 0.4) is 0 Å². The molecule has 1 aliphatic rings. The van der Waals surface area contributed by atoms with Gasteiger partial charge in [-0.05, 0) is 28.8 Å². The third-order valence-corrected chi connectivity index (χ3v) is 5.60. The Labute approximate surface area is 171 Å². The Morgan fingerprint density at radius 1 is 0.897 bits per heavy atom. The highest BCUT2D eigenvalue weighted by Gasteiger charge is 2.35. The van der Waals surface area contributed by atoms with Crippen LogP contribution in [0.2, 0.25) is 0 Å². The van der Waals surface area contributed by atoms with Crippen LogP contribution in [0, 0.1) is 5.82 Å². The lowest BCUT2D eigenvalue weighted by molar-refractivity contribution is -0.0718. The summed E-state index contributed by atoms with van der Waals surface area (Å²) in [6, 6.07) is 26.9. The zero-order valence-electron chi connectivity index (χ0n) is 16.2. The molecule has 0 aliphatic carbocycles. The van der Waals surface area contributed by atoms with E-state index < -0.39 is 6.10 Å². The SMILES string of the molecule is O[C@@H]1C[C@@H](C(c2ccccc2)c2ccccc2)OC[C@H]1NCc1ccc(F)cc1. The summed E-state index contributed by atoms with van der Waals surface area (Å²) < 4.78 is 19.3. The molecule has 3 aromatic carbocycles. The number of rotatable bonds is 6. The smallest absolute Gasteiger partial charge is 0.123 e. The van der Waals surface area contributed by atoms with Crippen LogP contribution in [0.15, 0.2) is 84.9 Å². The predicted molar refractivity (Wildman–Crippen MR) is 112 cm³/mol. The Bertz CT molecular complexity index is 846. The van der Waals surface area contributed by atoms with Crippen LogP contribution >= 0.6 is 0 Å². The topological polar surface area (TPSA) is 41.5 Å². The minimum absolute atomic E-state index is 0.0742. The van der Waals surface area contributed by atoms with Crippen molar-refractivity contribution in [2.75, 3.05) is 6.61 Å². The number of aliphatic hydroxyl groups excluding tert-OH is 1. The van der Waals surface area contributed by atoms with Gasteiger partial charge in [0, 0.05) is 18.9 Å². The first-order valence-corrected chi connectivity index (χ1v) is 10.1. The van der Waals surface area contributed by atoms with E-state index in [0.29, 0.717) is 19.6 Å². The van der Waals surface area contributed by atoms with Gasteiger partial charge in [0.25, 0.3) is 0 Å². The van der Waals surface area contributed by atoms with E-state index in [9.17, 15) is 9.50 Å². The van der Waals surface area contributed by atoms with Crippen molar-refractivity contribution in [3.63, 3.8) is 0 Å². The van der Waals surface area contributed by atoms with Gasteiger partial charge in [0.15, 0.2) is 0 Å². The summed E-state index contributed by atoms with van der Waals surface area (Å²) in [7, 11) is 0. The first kappa shape index (κ1) is 19.8. The normalized spacial score (nSPS) is 22.0. The fraction of sp³-hybridized carbons (Fsp3) is 0.280. The maximum absolute atomic E-state index is 13.1. The van der Waals surface area contributed by atoms with Crippen LogP contribution < -0.4 is 5.32 Å². The molecule has 29 heavy (non-hydrogen) atoms. The van der Waals surface area contributed by atoms with Crippen LogP contribution in [-0.4, -0.2) is 30.0 Å². The fourth-order valence-electron chi connectivity index (χ4n) is 4.03. The molecule has 1 fully saturated rings. The summed E-state index contributed by atoms with van der Waals surface area (Å²) in [5.41, 5.74) is 3.36. The maximum atomic E-state index is 13.1. The molecule has 4 rings (SSSR count). The van der Waals surface area contributed by atoms with E-state index in [4.69, 9.17) is 4.74 Å². The highest BCUT2D eigenvalue weighted by atomic mass is 19.1. The maximum Gasteiger partial charge on any atom is 0.123 e. The van der Waals surface area contributed by atoms with Gasteiger partial charge in [-0.2, -0.15) is 0 Å². The quantitative estimate of drug-likeness (QED) is 0.660. The van der Waals surface area contributed by atoms with Crippen molar-refractivity contribution in [1.29, 1.82) is 0 Å². The number of benzene rings is 3. The van der Waals surface area contributed by atoms with Crippen molar-refractivity contribution in [3.05, 3.63) is 107 Å². The third kappa shape index (κ3) is 4.91. The minimum atomic E-state index is -0.510. The first-order chi connectivity index (χ1) is 14.2. The molecule has 1 aliphatic heterocycles. The van der Waals surface area contributed by atoms with Gasteiger partial charge in [0.1, 0.15) is 5.82 Å². The second-order valence-electron chi connectivity index (χ2n) is 7.59. The van der Waals surface area contributed by atoms with Crippen LogP contribution in [0.1, 0.15) is 29.0 Å². The number of hydrogen-bond acceptors (Lipinski definition) is 3. The van der Waals surface area contributed by atoms with Gasteiger partial charge in [-0.25, -0.2) is 4.39 Å². The summed E-state index contributed by atoms with van der Waals surface area (Å²) in [6.45, 7) is 1.00. The first-order valence-electron chi connectivity index (χ1n) is 10.1.